The number of hydrogen-bond acceptors (Lipinski definition) is 4. The second-order valence-corrected chi connectivity index (χ2v) is 5.03. The third kappa shape index (κ3) is 3.57. The second-order valence-electron chi connectivity index (χ2n) is 5.03. The Morgan fingerprint density at radius 3 is 2.74 bits per heavy atom. The van der Waals surface area contributed by atoms with Crippen LogP contribution in [-0.2, 0) is 0 Å². The Hall–Kier alpha value is -3.10. The molecular formula is C18H15N3O2. The number of aliphatic hydroxyl groups is 1. The number of nitriles is 1. The number of ether oxygens (including phenoxy) is 1. The summed E-state index contributed by atoms with van der Waals surface area (Å²) in [6, 6.07) is 16.4. The van der Waals surface area contributed by atoms with E-state index in [0.29, 0.717) is 11.3 Å². The van der Waals surface area contributed by atoms with Crippen LogP contribution in [0.1, 0.15) is 17.2 Å². The van der Waals surface area contributed by atoms with E-state index in [-0.39, 0.29) is 6.61 Å². The summed E-state index contributed by atoms with van der Waals surface area (Å²) in [4.78, 5) is 4.02. The lowest BCUT2D eigenvalue weighted by Gasteiger charge is -2.13. The van der Waals surface area contributed by atoms with Crippen LogP contribution in [0.25, 0.3) is 5.69 Å². The van der Waals surface area contributed by atoms with Crippen molar-refractivity contribution >= 4 is 0 Å². The minimum Gasteiger partial charge on any atom is -0.490 e. The number of nitrogens with zero attached hydrogens (tertiary/aromatic N) is 3. The van der Waals surface area contributed by atoms with Crippen molar-refractivity contribution in [2.45, 2.75) is 6.10 Å². The smallest absolute Gasteiger partial charge is 0.121 e. The Morgan fingerprint density at radius 2 is 2.04 bits per heavy atom. The topological polar surface area (TPSA) is 71.1 Å². The largest absolute Gasteiger partial charge is 0.490 e. The summed E-state index contributed by atoms with van der Waals surface area (Å²) in [5.74, 6) is 0.670. The summed E-state index contributed by atoms with van der Waals surface area (Å²) in [6.45, 7) is 0.138. The van der Waals surface area contributed by atoms with Crippen LogP contribution in [0, 0.1) is 11.3 Å². The van der Waals surface area contributed by atoms with Crippen LogP contribution >= 0.6 is 0 Å². The van der Waals surface area contributed by atoms with Crippen LogP contribution in [0.15, 0.2) is 67.3 Å². The molecule has 0 saturated carbocycles. The van der Waals surface area contributed by atoms with Crippen LogP contribution in [-0.4, -0.2) is 21.3 Å². The fraction of sp³-hybridized carbons (Fsp3) is 0.111. The molecule has 23 heavy (non-hydrogen) atoms. The fourth-order valence-corrected chi connectivity index (χ4v) is 2.20. The molecule has 5 nitrogen and oxygen atoms in total. The van der Waals surface area contributed by atoms with Gasteiger partial charge in [-0.2, -0.15) is 5.26 Å². The Labute approximate surface area is 134 Å². The molecule has 1 atom stereocenters. The average molecular weight is 305 g/mol. The van der Waals surface area contributed by atoms with Crippen molar-refractivity contribution in [2.75, 3.05) is 6.61 Å². The van der Waals surface area contributed by atoms with Gasteiger partial charge in [0.15, 0.2) is 0 Å². The lowest BCUT2D eigenvalue weighted by atomic mass is 10.1. The first-order valence-electron chi connectivity index (χ1n) is 7.15. The molecule has 0 fully saturated rings. The molecule has 1 aromatic heterocycles. The predicted octanol–water partition coefficient (Wildman–Crippen LogP) is 2.86. The van der Waals surface area contributed by atoms with Gasteiger partial charge in [-0.25, -0.2) is 4.98 Å². The Kier molecular flexibility index (Phi) is 4.37. The van der Waals surface area contributed by atoms with Crippen molar-refractivity contribution < 1.29 is 9.84 Å². The summed E-state index contributed by atoms with van der Waals surface area (Å²) in [5.41, 5.74) is 2.22. The van der Waals surface area contributed by atoms with Crippen LogP contribution in [0.2, 0.25) is 0 Å². The zero-order valence-corrected chi connectivity index (χ0v) is 12.3. The molecule has 5 heteroatoms. The first kappa shape index (κ1) is 14.8. The van der Waals surface area contributed by atoms with Crippen LogP contribution in [0.3, 0.4) is 0 Å². The predicted molar refractivity (Wildman–Crippen MR) is 85.2 cm³/mol. The van der Waals surface area contributed by atoms with Gasteiger partial charge >= 0.3 is 0 Å². The van der Waals surface area contributed by atoms with Crippen molar-refractivity contribution in [3.05, 3.63) is 78.4 Å². The lowest BCUT2D eigenvalue weighted by Crippen LogP contribution is -2.09. The van der Waals surface area contributed by atoms with Gasteiger partial charge < -0.3 is 14.4 Å². The highest BCUT2D eigenvalue weighted by molar-refractivity contribution is 5.39. The van der Waals surface area contributed by atoms with Gasteiger partial charge in [-0.1, -0.05) is 18.2 Å². The van der Waals surface area contributed by atoms with Gasteiger partial charge in [0.05, 0.1) is 23.6 Å². The van der Waals surface area contributed by atoms with E-state index in [2.05, 4.69) is 11.1 Å². The number of aromatic nitrogens is 2. The van der Waals surface area contributed by atoms with E-state index in [0.717, 1.165) is 11.3 Å². The highest BCUT2D eigenvalue weighted by Crippen LogP contribution is 2.19. The first-order chi connectivity index (χ1) is 11.3. The van der Waals surface area contributed by atoms with E-state index < -0.39 is 6.10 Å². The molecule has 1 unspecified atom stereocenters. The van der Waals surface area contributed by atoms with Gasteiger partial charge in [0.25, 0.3) is 0 Å². The SMILES string of the molecule is N#Cc1ccc(C(O)COc2cccc(-n3ccnc3)c2)cc1. The molecule has 0 saturated heterocycles. The maximum Gasteiger partial charge on any atom is 0.121 e. The van der Waals surface area contributed by atoms with Gasteiger partial charge in [-0.15, -0.1) is 0 Å². The van der Waals surface area contributed by atoms with Crippen LogP contribution < -0.4 is 4.74 Å². The van der Waals surface area contributed by atoms with Crippen LogP contribution in [0.5, 0.6) is 5.75 Å². The molecule has 114 valence electrons. The van der Waals surface area contributed by atoms with E-state index in [1.807, 2.05) is 35.0 Å². The van der Waals surface area contributed by atoms with E-state index in [1.165, 1.54) is 0 Å². The summed E-state index contributed by atoms with van der Waals surface area (Å²) < 4.78 is 7.55. The zero-order chi connectivity index (χ0) is 16.1. The first-order valence-corrected chi connectivity index (χ1v) is 7.15. The minimum absolute atomic E-state index is 0.138. The molecule has 0 spiro atoms. The van der Waals surface area contributed by atoms with Gasteiger partial charge in [-0.05, 0) is 29.8 Å². The van der Waals surface area contributed by atoms with Gasteiger partial charge in [0.1, 0.15) is 18.5 Å². The minimum atomic E-state index is -0.750. The Balaban J connectivity index is 1.66. The molecule has 0 aliphatic heterocycles. The molecular weight excluding hydrogens is 290 g/mol. The normalized spacial score (nSPS) is 11.7. The number of benzene rings is 2. The summed E-state index contributed by atoms with van der Waals surface area (Å²) in [5, 5.41) is 19.0. The maximum atomic E-state index is 10.2. The number of aliphatic hydroxyl groups excluding tert-OH is 1. The van der Waals surface area contributed by atoms with E-state index in [1.54, 1.807) is 36.8 Å². The summed E-state index contributed by atoms with van der Waals surface area (Å²) >= 11 is 0. The third-order valence-corrected chi connectivity index (χ3v) is 3.45. The van der Waals surface area contributed by atoms with E-state index in [4.69, 9.17) is 10.00 Å². The molecule has 0 aliphatic carbocycles. The van der Waals surface area contributed by atoms with E-state index >= 15 is 0 Å². The maximum absolute atomic E-state index is 10.2. The standard InChI is InChI=1S/C18H15N3O2/c19-11-14-4-6-15(7-5-14)18(22)12-23-17-3-1-2-16(10-17)21-9-8-20-13-21/h1-10,13,18,22H,12H2. The Morgan fingerprint density at radius 1 is 1.22 bits per heavy atom. The molecule has 2 aromatic carbocycles. The number of imidazole rings is 1. The van der Waals surface area contributed by atoms with Gasteiger partial charge in [0.2, 0.25) is 0 Å². The Bertz CT molecular complexity index is 805. The quantitative estimate of drug-likeness (QED) is 0.787. The monoisotopic (exact) mass is 305 g/mol. The third-order valence-electron chi connectivity index (χ3n) is 3.45. The van der Waals surface area contributed by atoms with Crippen molar-refractivity contribution in [2.24, 2.45) is 0 Å². The van der Waals surface area contributed by atoms with Crippen molar-refractivity contribution in [3.63, 3.8) is 0 Å². The number of hydrogen-bond donors (Lipinski definition) is 1. The highest BCUT2D eigenvalue weighted by Gasteiger charge is 2.09. The highest BCUT2D eigenvalue weighted by atomic mass is 16.5. The molecule has 0 bridgehead atoms. The van der Waals surface area contributed by atoms with Crippen molar-refractivity contribution in [3.8, 4) is 17.5 Å². The molecule has 1 N–H and O–H groups in total. The molecule has 3 aromatic rings. The van der Waals surface area contributed by atoms with Gasteiger partial charge in [0, 0.05) is 18.5 Å². The average Bonchev–Trinajstić information content (AvgIpc) is 3.15. The molecule has 0 radical (unpaired) electrons. The van der Waals surface area contributed by atoms with Crippen molar-refractivity contribution in [1.82, 2.24) is 9.55 Å². The summed E-state index contributed by atoms with van der Waals surface area (Å²) in [6.07, 6.45) is 4.53. The lowest BCUT2D eigenvalue weighted by molar-refractivity contribution is 0.108. The second kappa shape index (κ2) is 6.77. The fourth-order valence-electron chi connectivity index (χ4n) is 2.20. The van der Waals surface area contributed by atoms with Gasteiger partial charge in [-0.3, -0.25) is 0 Å². The molecule has 0 aliphatic rings. The molecule has 0 amide bonds. The number of rotatable bonds is 5. The summed E-state index contributed by atoms with van der Waals surface area (Å²) in [7, 11) is 0. The van der Waals surface area contributed by atoms with Crippen LogP contribution in [0.4, 0.5) is 0 Å². The van der Waals surface area contributed by atoms with Crippen molar-refractivity contribution in [1.29, 1.82) is 5.26 Å². The molecule has 1 heterocycles. The van der Waals surface area contributed by atoms with E-state index in [9.17, 15) is 5.11 Å². The molecule has 3 rings (SSSR count). The zero-order valence-electron chi connectivity index (χ0n) is 12.3.